The van der Waals surface area contributed by atoms with E-state index in [1.807, 2.05) is 12.1 Å². The number of anilines is 1. The van der Waals surface area contributed by atoms with E-state index in [-0.39, 0.29) is 5.41 Å². The third-order valence-corrected chi connectivity index (χ3v) is 4.44. The van der Waals surface area contributed by atoms with Crippen molar-refractivity contribution in [2.75, 3.05) is 11.9 Å². The maximum absolute atomic E-state index is 5.79. The number of hydrogen-bond acceptors (Lipinski definition) is 2. The van der Waals surface area contributed by atoms with E-state index in [1.54, 1.807) is 0 Å². The van der Waals surface area contributed by atoms with Gasteiger partial charge in [0.15, 0.2) is 0 Å². The molecule has 2 nitrogen and oxygen atoms in total. The zero-order valence-corrected chi connectivity index (χ0v) is 16.3. The van der Waals surface area contributed by atoms with E-state index in [0.29, 0.717) is 0 Å². The molecule has 0 saturated heterocycles. The van der Waals surface area contributed by atoms with Crippen LogP contribution in [0.5, 0.6) is 5.75 Å². The van der Waals surface area contributed by atoms with Gasteiger partial charge in [-0.3, -0.25) is 0 Å². The maximum Gasteiger partial charge on any atom is 0.119 e. The lowest BCUT2D eigenvalue weighted by Gasteiger charge is -2.19. The fraction of sp³-hybridized carbons (Fsp3) is 0.478. The summed E-state index contributed by atoms with van der Waals surface area (Å²) in [6.45, 7) is 10.6. The van der Waals surface area contributed by atoms with Crippen molar-refractivity contribution in [1.82, 2.24) is 0 Å². The van der Waals surface area contributed by atoms with E-state index < -0.39 is 0 Å². The molecule has 0 radical (unpaired) electrons. The SMILES string of the molecule is CCCCCCOc1ccc(NCc2ccc(C(C)(C)C)cc2)cc1. The smallest absolute Gasteiger partial charge is 0.119 e. The molecule has 0 amide bonds. The Labute approximate surface area is 153 Å². The number of benzene rings is 2. The second-order valence-corrected chi connectivity index (χ2v) is 7.73. The average molecular weight is 340 g/mol. The summed E-state index contributed by atoms with van der Waals surface area (Å²) in [5.41, 5.74) is 4.00. The molecule has 2 heteroatoms. The minimum Gasteiger partial charge on any atom is -0.494 e. The molecule has 0 atom stereocenters. The average Bonchev–Trinajstić information content (AvgIpc) is 2.60. The number of unbranched alkanes of at least 4 members (excludes halogenated alkanes) is 3. The summed E-state index contributed by atoms with van der Waals surface area (Å²) in [6, 6.07) is 17.1. The lowest BCUT2D eigenvalue weighted by atomic mass is 9.87. The summed E-state index contributed by atoms with van der Waals surface area (Å²) < 4.78 is 5.79. The van der Waals surface area contributed by atoms with Crippen LogP contribution in [0.15, 0.2) is 48.5 Å². The summed E-state index contributed by atoms with van der Waals surface area (Å²) in [4.78, 5) is 0. The van der Waals surface area contributed by atoms with Crippen LogP contribution in [0.2, 0.25) is 0 Å². The highest BCUT2D eigenvalue weighted by Crippen LogP contribution is 2.22. The van der Waals surface area contributed by atoms with Crippen LogP contribution in [0.3, 0.4) is 0 Å². The molecular weight excluding hydrogens is 306 g/mol. The monoisotopic (exact) mass is 339 g/mol. The van der Waals surface area contributed by atoms with Crippen molar-refractivity contribution in [2.24, 2.45) is 0 Å². The predicted molar refractivity (Wildman–Crippen MR) is 109 cm³/mol. The Morgan fingerprint density at radius 3 is 2.12 bits per heavy atom. The topological polar surface area (TPSA) is 21.3 Å². The van der Waals surface area contributed by atoms with Crippen LogP contribution in [0.25, 0.3) is 0 Å². The largest absolute Gasteiger partial charge is 0.494 e. The fourth-order valence-electron chi connectivity index (χ4n) is 2.71. The Hall–Kier alpha value is -1.96. The second kappa shape index (κ2) is 9.50. The third kappa shape index (κ3) is 6.81. The van der Waals surface area contributed by atoms with E-state index in [4.69, 9.17) is 4.74 Å². The highest BCUT2D eigenvalue weighted by atomic mass is 16.5. The molecule has 0 saturated carbocycles. The van der Waals surface area contributed by atoms with Crippen molar-refractivity contribution in [1.29, 1.82) is 0 Å². The Morgan fingerprint density at radius 2 is 1.52 bits per heavy atom. The lowest BCUT2D eigenvalue weighted by molar-refractivity contribution is 0.305. The summed E-state index contributed by atoms with van der Waals surface area (Å²) in [5, 5.41) is 3.47. The highest BCUT2D eigenvalue weighted by molar-refractivity contribution is 5.47. The predicted octanol–water partition coefficient (Wildman–Crippen LogP) is 6.56. The van der Waals surface area contributed by atoms with Gasteiger partial charge >= 0.3 is 0 Å². The summed E-state index contributed by atoms with van der Waals surface area (Å²) in [6.07, 6.45) is 4.95. The molecule has 0 unspecified atom stereocenters. The molecule has 0 aliphatic rings. The highest BCUT2D eigenvalue weighted by Gasteiger charge is 2.12. The molecule has 0 bridgehead atoms. The van der Waals surface area contributed by atoms with Gasteiger partial charge < -0.3 is 10.1 Å². The molecule has 0 spiro atoms. The van der Waals surface area contributed by atoms with Gasteiger partial charge in [0.2, 0.25) is 0 Å². The van der Waals surface area contributed by atoms with Crippen LogP contribution >= 0.6 is 0 Å². The molecule has 136 valence electrons. The van der Waals surface area contributed by atoms with Crippen molar-refractivity contribution in [3.63, 3.8) is 0 Å². The van der Waals surface area contributed by atoms with Gasteiger partial charge in [-0.05, 0) is 47.2 Å². The molecule has 0 aliphatic heterocycles. The van der Waals surface area contributed by atoms with Crippen molar-refractivity contribution in [3.8, 4) is 5.75 Å². The molecule has 0 fully saturated rings. The third-order valence-electron chi connectivity index (χ3n) is 4.44. The quantitative estimate of drug-likeness (QED) is 0.523. The van der Waals surface area contributed by atoms with Gasteiger partial charge in [0.25, 0.3) is 0 Å². The molecule has 2 aromatic carbocycles. The minimum absolute atomic E-state index is 0.207. The zero-order valence-electron chi connectivity index (χ0n) is 16.3. The van der Waals surface area contributed by atoms with Gasteiger partial charge in [0.05, 0.1) is 6.61 Å². The standard InChI is InChI=1S/C23H33NO/c1-5-6-7-8-17-25-22-15-13-21(14-16-22)24-18-19-9-11-20(12-10-19)23(2,3)4/h9-16,24H,5-8,17-18H2,1-4H3. The first-order chi connectivity index (χ1) is 12.0. The molecule has 25 heavy (non-hydrogen) atoms. The first-order valence-electron chi connectivity index (χ1n) is 9.55. The van der Waals surface area contributed by atoms with Crippen molar-refractivity contribution in [3.05, 3.63) is 59.7 Å². The lowest BCUT2D eigenvalue weighted by Crippen LogP contribution is -2.11. The Bertz CT molecular complexity index is 608. The molecule has 0 aromatic heterocycles. The van der Waals surface area contributed by atoms with Crippen molar-refractivity contribution < 1.29 is 4.74 Å². The van der Waals surface area contributed by atoms with E-state index >= 15 is 0 Å². The second-order valence-electron chi connectivity index (χ2n) is 7.73. The van der Waals surface area contributed by atoms with Gasteiger partial charge in [0, 0.05) is 12.2 Å². The van der Waals surface area contributed by atoms with E-state index in [2.05, 4.69) is 69.4 Å². The number of nitrogens with one attached hydrogen (secondary N) is 1. The Morgan fingerprint density at radius 1 is 0.840 bits per heavy atom. The Balaban J connectivity index is 1.77. The van der Waals surface area contributed by atoms with Crippen LogP contribution < -0.4 is 10.1 Å². The van der Waals surface area contributed by atoms with Gasteiger partial charge in [-0.1, -0.05) is 71.2 Å². The number of ether oxygens (including phenoxy) is 1. The summed E-state index contributed by atoms with van der Waals surface area (Å²) in [7, 11) is 0. The van der Waals surface area contributed by atoms with Crippen molar-refractivity contribution >= 4 is 5.69 Å². The maximum atomic E-state index is 5.79. The molecule has 0 heterocycles. The van der Waals surface area contributed by atoms with E-state index in [0.717, 1.165) is 31.0 Å². The van der Waals surface area contributed by atoms with Gasteiger partial charge in [-0.15, -0.1) is 0 Å². The van der Waals surface area contributed by atoms with Crippen LogP contribution in [-0.4, -0.2) is 6.61 Å². The first kappa shape index (κ1) is 19.4. The van der Waals surface area contributed by atoms with E-state index in [9.17, 15) is 0 Å². The Kier molecular flexibility index (Phi) is 7.36. The fourth-order valence-corrected chi connectivity index (χ4v) is 2.71. The van der Waals surface area contributed by atoms with Crippen LogP contribution in [0.1, 0.15) is 64.5 Å². The molecule has 2 aromatic rings. The summed E-state index contributed by atoms with van der Waals surface area (Å²) in [5.74, 6) is 0.955. The number of rotatable bonds is 9. The van der Waals surface area contributed by atoms with Gasteiger partial charge in [-0.25, -0.2) is 0 Å². The van der Waals surface area contributed by atoms with Crippen LogP contribution in [-0.2, 0) is 12.0 Å². The van der Waals surface area contributed by atoms with Crippen LogP contribution in [0, 0.1) is 0 Å². The van der Waals surface area contributed by atoms with Crippen molar-refractivity contribution in [2.45, 2.75) is 65.3 Å². The molecule has 0 aliphatic carbocycles. The normalized spacial score (nSPS) is 11.4. The van der Waals surface area contributed by atoms with Gasteiger partial charge in [-0.2, -0.15) is 0 Å². The van der Waals surface area contributed by atoms with Gasteiger partial charge in [0.1, 0.15) is 5.75 Å². The number of hydrogen-bond donors (Lipinski definition) is 1. The molecule has 2 rings (SSSR count). The van der Waals surface area contributed by atoms with Crippen LogP contribution in [0.4, 0.5) is 5.69 Å². The zero-order chi connectivity index (χ0) is 18.1. The first-order valence-corrected chi connectivity index (χ1v) is 9.55. The minimum atomic E-state index is 0.207. The molecule has 1 N–H and O–H groups in total. The van der Waals surface area contributed by atoms with E-state index in [1.165, 1.54) is 30.4 Å². The summed E-state index contributed by atoms with van der Waals surface area (Å²) >= 11 is 0. The molecular formula is C23H33NO.